The fraction of sp³-hybridized carbons (Fsp3) is 0.500. The van der Waals surface area contributed by atoms with Crippen molar-refractivity contribution < 1.29 is 14.7 Å². The molecule has 0 saturated carbocycles. The van der Waals surface area contributed by atoms with E-state index in [-0.39, 0.29) is 24.3 Å². The van der Waals surface area contributed by atoms with Crippen molar-refractivity contribution in [2.24, 2.45) is 7.05 Å². The zero-order valence-electron chi connectivity index (χ0n) is 10.4. The molecule has 5 heteroatoms. The SMILES string of the molecule is CC[C@H](CO)NC(=O)c1cc(C(C)=O)cn1C. The quantitative estimate of drug-likeness (QED) is 0.743. The standard InChI is InChI=1S/C12H18N2O3/c1-4-10(7-15)13-12(17)11-5-9(8(2)16)6-14(11)3/h5-6,10,15H,4,7H2,1-3H3,(H,13,17)/t10-/m1/s1. The minimum atomic E-state index is -0.277. The summed E-state index contributed by atoms with van der Waals surface area (Å²) in [5.74, 6) is -0.352. The molecule has 0 aliphatic heterocycles. The Bertz CT molecular complexity index is 419. The van der Waals surface area contributed by atoms with Gasteiger partial charge in [-0.1, -0.05) is 6.92 Å². The van der Waals surface area contributed by atoms with Crippen LogP contribution in [-0.4, -0.2) is 34.0 Å². The van der Waals surface area contributed by atoms with Crippen LogP contribution in [0.25, 0.3) is 0 Å². The molecule has 1 rings (SSSR count). The van der Waals surface area contributed by atoms with Crippen molar-refractivity contribution >= 4 is 11.7 Å². The van der Waals surface area contributed by atoms with Crippen molar-refractivity contribution in [3.8, 4) is 0 Å². The van der Waals surface area contributed by atoms with Crippen LogP contribution in [0.5, 0.6) is 0 Å². The van der Waals surface area contributed by atoms with Crippen LogP contribution in [0.3, 0.4) is 0 Å². The van der Waals surface area contributed by atoms with Crippen LogP contribution in [0.2, 0.25) is 0 Å². The van der Waals surface area contributed by atoms with E-state index in [0.29, 0.717) is 17.7 Å². The van der Waals surface area contributed by atoms with Crippen molar-refractivity contribution in [3.63, 3.8) is 0 Å². The summed E-state index contributed by atoms with van der Waals surface area (Å²) in [6.07, 6.45) is 2.28. The molecule has 0 fully saturated rings. The third-order valence-corrected chi connectivity index (χ3v) is 2.69. The van der Waals surface area contributed by atoms with Crippen LogP contribution < -0.4 is 5.32 Å². The number of hydrogen-bond donors (Lipinski definition) is 2. The highest BCUT2D eigenvalue weighted by Crippen LogP contribution is 2.08. The molecule has 1 amide bonds. The lowest BCUT2D eigenvalue weighted by molar-refractivity contribution is 0.0906. The number of aliphatic hydroxyl groups excluding tert-OH is 1. The van der Waals surface area contributed by atoms with E-state index < -0.39 is 0 Å². The predicted octanol–water partition coefficient (Wildman–Crippen LogP) is 0.728. The zero-order chi connectivity index (χ0) is 13.0. The molecule has 94 valence electrons. The summed E-state index contributed by atoms with van der Waals surface area (Å²) in [7, 11) is 1.71. The predicted molar refractivity (Wildman–Crippen MR) is 64.0 cm³/mol. The van der Waals surface area contributed by atoms with Crippen LogP contribution in [0, 0.1) is 0 Å². The molecular weight excluding hydrogens is 220 g/mol. The van der Waals surface area contributed by atoms with Crippen molar-refractivity contribution in [1.82, 2.24) is 9.88 Å². The molecule has 0 aliphatic carbocycles. The molecule has 0 saturated heterocycles. The molecule has 1 heterocycles. The number of ketones is 1. The van der Waals surface area contributed by atoms with E-state index in [4.69, 9.17) is 5.11 Å². The number of carbonyl (C=O) groups is 2. The monoisotopic (exact) mass is 238 g/mol. The highest BCUT2D eigenvalue weighted by Gasteiger charge is 2.16. The van der Waals surface area contributed by atoms with Crippen molar-refractivity contribution in [1.29, 1.82) is 0 Å². The molecule has 1 aromatic heterocycles. The fourth-order valence-corrected chi connectivity index (χ4v) is 1.52. The molecule has 0 bridgehead atoms. The van der Waals surface area contributed by atoms with E-state index in [1.165, 1.54) is 6.92 Å². The highest BCUT2D eigenvalue weighted by molar-refractivity contribution is 5.99. The lowest BCUT2D eigenvalue weighted by atomic mass is 10.2. The first-order valence-corrected chi connectivity index (χ1v) is 5.58. The highest BCUT2D eigenvalue weighted by atomic mass is 16.3. The summed E-state index contributed by atoms with van der Waals surface area (Å²) in [6.45, 7) is 3.25. The number of aryl methyl sites for hydroxylation is 1. The van der Waals surface area contributed by atoms with Gasteiger partial charge in [0.15, 0.2) is 5.78 Å². The van der Waals surface area contributed by atoms with Crippen molar-refractivity contribution in [2.45, 2.75) is 26.3 Å². The van der Waals surface area contributed by atoms with E-state index in [9.17, 15) is 9.59 Å². The van der Waals surface area contributed by atoms with Crippen LogP contribution in [0.4, 0.5) is 0 Å². The number of hydrogen-bond acceptors (Lipinski definition) is 3. The Morgan fingerprint density at radius 1 is 1.53 bits per heavy atom. The third-order valence-electron chi connectivity index (χ3n) is 2.69. The molecule has 0 unspecified atom stereocenters. The fourth-order valence-electron chi connectivity index (χ4n) is 1.52. The lowest BCUT2D eigenvalue weighted by Gasteiger charge is -2.13. The second-order valence-electron chi connectivity index (χ2n) is 4.04. The van der Waals surface area contributed by atoms with Crippen LogP contribution in [-0.2, 0) is 7.05 Å². The summed E-state index contributed by atoms with van der Waals surface area (Å²) in [6, 6.07) is 1.31. The minimum Gasteiger partial charge on any atom is -0.394 e. The Kier molecular flexibility index (Phi) is 4.45. The second kappa shape index (κ2) is 5.63. The van der Waals surface area contributed by atoms with Gasteiger partial charge >= 0.3 is 0 Å². The van der Waals surface area contributed by atoms with Crippen molar-refractivity contribution in [2.75, 3.05) is 6.61 Å². The van der Waals surface area contributed by atoms with Gasteiger partial charge in [0.2, 0.25) is 0 Å². The molecule has 0 aliphatic rings. The van der Waals surface area contributed by atoms with Gasteiger partial charge in [0.1, 0.15) is 5.69 Å². The van der Waals surface area contributed by atoms with E-state index in [1.807, 2.05) is 6.92 Å². The van der Waals surface area contributed by atoms with Gasteiger partial charge < -0.3 is 15.0 Å². The Labute approximate surface area is 100 Å². The Morgan fingerprint density at radius 2 is 2.18 bits per heavy atom. The van der Waals surface area contributed by atoms with E-state index in [1.54, 1.807) is 23.9 Å². The molecular formula is C12H18N2O3. The second-order valence-corrected chi connectivity index (χ2v) is 4.04. The first-order valence-electron chi connectivity index (χ1n) is 5.58. The van der Waals surface area contributed by atoms with Crippen LogP contribution in [0.1, 0.15) is 41.1 Å². The van der Waals surface area contributed by atoms with Crippen molar-refractivity contribution in [3.05, 3.63) is 23.5 Å². The number of rotatable bonds is 5. The summed E-state index contributed by atoms with van der Waals surface area (Å²) in [4.78, 5) is 23.1. The van der Waals surface area contributed by atoms with Gasteiger partial charge in [-0.15, -0.1) is 0 Å². The Morgan fingerprint density at radius 3 is 2.59 bits per heavy atom. The summed E-state index contributed by atoms with van der Waals surface area (Å²) in [5, 5.41) is 11.7. The molecule has 1 atom stereocenters. The molecule has 5 nitrogen and oxygen atoms in total. The lowest BCUT2D eigenvalue weighted by Crippen LogP contribution is -2.37. The Balaban J connectivity index is 2.85. The van der Waals surface area contributed by atoms with Crippen LogP contribution >= 0.6 is 0 Å². The summed E-state index contributed by atoms with van der Waals surface area (Å²) < 4.78 is 1.61. The number of carbonyl (C=O) groups excluding carboxylic acids is 2. The van der Waals surface area contributed by atoms with Gasteiger partial charge in [-0.25, -0.2) is 0 Å². The Hall–Kier alpha value is -1.62. The number of nitrogens with zero attached hydrogens (tertiary/aromatic N) is 1. The van der Waals surface area contributed by atoms with Gasteiger partial charge in [0.25, 0.3) is 5.91 Å². The number of aromatic nitrogens is 1. The zero-order valence-corrected chi connectivity index (χ0v) is 10.4. The molecule has 2 N–H and O–H groups in total. The molecule has 0 radical (unpaired) electrons. The van der Waals surface area contributed by atoms with Gasteiger partial charge in [0, 0.05) is 18.8 Å². The summed E-state index contributed by atoms with van der Waals surface area (Å²) >= 11 is 0. The maximum Gasteiger partial charge on any atom is 0.268 e. The maximum absolute atomic E-state index is 11.9. The third kappa shape index (κ3) is 3.17. The molecule has 0 aromatic carbocycles. The smallest absolute Gasteiger partial charge is 0.268 e. The first kappa shape index (κ1) is 13.4. The molecule has 17 heavy (non-hydrogen) atoms. The van der Waals surface area contributed by atoms with Gasteiger partial charge in [-0.3, -0.25) is 9.59 Å². The summed E-state index contributed by atoms with van der Waals surface area (Å²) in [5.41, 5.74) is 0.928. The van der Waals surface area contributed by atoms with E-state index >= 15 is 0 Å². The maximum atomic E-state index is 11.9. The normalized spacial score (nSPS) is 12.2. The average Bonchev–Trinajstić information content (AvgIpc) is 2.68. The number of Topliss-reactive ketones (excluding diaryl/α,β-unsaturated/α-hetero) is 1. The minimum absolute atomic E-state index is 0.0751. The number of nitrogens with one attached hydrogen (secondary N) is 1. The van der Waals surface area contributed by atoms with Gasteiger partial charge in [0.05, 0.1) is 12.6 Å². The number of amides is 1. The van der Waals surface area contributed by atoms with E-state index in [0.717, 1.165) is 0 Å². The van der Waals surface area contributed by atoms with Crippen LogP contribution in [0.15, 0.2) is 12.3 Å². The molecule has 0 spiro atoms. The van der Waals surface area contributed by atoms with Gasteiger partial charge in [-0.2, -0.15) is 0 Å². The first-order chi connectivity index (χ1) is 7.99. The topological polar surface area (TPSA) is 71.3 Å². The van der Waals surface area contributed by atoms with Gasteiger partial charge in [-0.05, 0) is 19.4 Å². The van der Waals surface area contributed by atoms with E-state index in [2.05, 4.69) is 5.32 Å². The molecule has 1 aromatic rings. The number of aliphatic hydroxyl groups is 1. The average molecular weight is 238 g/mol. The largest absolute Gasteiger partial charge is 0.394 e.